The number of nitrogens with one attached hydrogen (secondary N) is 2. The molecule has 0 spiro atoms. The molecule has 3 rings (SSSR count). The molecule has 0 aromatic carbocycles. The van der Waals surface area contributed by atoms with E-state index in [9.17, 15) is 4.79 Å². The molecule has 2 aliphatic rings. The van der Waals surface area contributed by atoms with Crippen LogP contribution in [0.1, 0.15) is 44.3 Å². The molecule has 6 nitrogen and oxygen atoms in total. The minimum atomic E-state index is 0.172. The van der Waals surface area contributed by atoms with Crippen molar-refractivity contribution in [2.45, 2.75) is 70.1 Å². The molecule has 6 heteroatoms. The molecule has 2 fully saturated rings. The molecule has 2 N–H and O–H groups in total. The van der Waals surface area contributed by atoms with Gasteiger partial charge < -0.3 is 19.9 Å². The molecule has 1 aliphatic heterocycles. The SMILES string of the molecule is Cc1nccn1CCCC(=O)N[C@@H]1CC[C@@H]1NC1CCOCC1. The summed E-state index contributed by atoms with van der Waals surface area (Å²) in [6.45, 7) is 4.55. The van der Waals surface area contributed by atoms with Crippen molar-refractivity contribution in [2.24, 2.45) is 0 Å². The predicted molar refractivity (Wildman–Crippen MR) is 88.1 cm³/mol. The second-order valence-corrected chi connectivity index (χ2v) is 6.68. The molecule has 1 saturated carbocycles. The van der Waals surface area contributed by atoms with Crippen molar-refractivity contribution in [3.05, 3.63) is 18.2 Å². The summed E-state index contributed by atoms with van der Waals surface area (Å²) < 4.78 is 7.48. The molecule has 2 atom stereocenters. The fourth-order valence-electron chi connectivity index (χ4n) is 3.37. The minimum absolute atomic E-state index is 0.172. The maximum Gasteiger partial charge on any atom is 0.220 e. The summed E-state index contributed by atoms with van der Waals surface area (Å²) in [7, 11) is 0. The van der Waals surface area contributed by atoms with Gasteiger partial charge in [-0.25, -0.2) is 4.98 Å². The average molecular weight is 320 g/mol. The highest BCUT2D eigenvalue weighted by molar-refractivity contribution is 5.76. The van der Waals surface area contributed by atoms with Gasteiger partial charge in [0.1, 0.15) is 5.82 Å². The molecule has 1 aromatic heterocycles. The van der Waals surface area contributed by atoms with Gasteiger partial charge in [0.15, 0.2) is 0 Å². The number of aromatic nitrogens is 2. The van der Waals surface area contributed by atoms with E-state index in [4.69, 9.17) is 4.74 Å². The number of aryl methyl sites for hydroxylation is 2. The van der Waals surface area contributed by atoms with Gasteiger partial charge in [-0.3, -0.25) is 4.79 Å². The lowest BCUT2D eigenvalue weighted by molar-refractivity contribution is -0.122. The first-order valence-corrected chi connectivity index (χ1v) is 8.83. The van der Waals surface area contributed by atoms with E-state index in [1.165, 1.54) is 0 Å². The van der Waals surface area contributed by atoms with Gasteiger partial charge in [-0.05, 0) is 39.0 Å². The highest BCUT2D eigenvalue weighted by Crippen LogP contribution is 2.22. The maximum absolute atomic E-state index is 12.1. The van der Waals surface area contributed by atoms with E-state index < -0.39 is 0 Å². The normalized spacial score (nSPS) is 25.1. The zero-order valence-corrected chi connectivity index (χ0v) is 14.0. The molecular formula is C17H28N4O2. The Morgan fingerprint density at radius 3 is 2.74 bits per heavy atom. The molecule has 0 radical (unpaired) electrons. The van der Waals surface area contributed by atoms with Crippen molar-refractivity contribution in [1.82, 2.24) is 20.2 Å². The lowest BCUT2D eigenvalue weighted by Crippen LogP contribution is -2.59. The van der Waals surface area contributed by atoms with Gasteiger partial charge in [-0.1, -0.05) is 0 Å². The number of amides is 1. The topological polar surface area (TPSA) is 68.2 Å². The lowest BCUT2D eigenvalue weighted by Gasteiger charge is -2.41. The summed E-state index contributed by atoms with van der Waals surface area (Å²) in [4.78, 5) is 16.3. The molecule has 1 aliphatic carbocycles. The largest absolute Gasteiger partial charge is 0.381 e. The number of nitrogens with zero attached hydrogens (tertiary/aromatic N) is 2. The molecule has 0 bridgehead atoms. The van der Waals surface area contributed by atoms with Gasteiger partial charge >= 0.3 is 0 Å². The Hall–Kier alpha value is -1.40. The first-order chi connectivity index (χ1) is 11.2. The molecule has 2 heterocycles. The number of carbonyl (C=O) groups is 1. The van der Waals surface area contributed by atoms with Crippen LogP contribution >= 0.6 is 0 Å². The van der Waals surface area contributed by atoms with Crippen molar-refractivity contribution < 1.29 is 9.53 Å². The monoisotopic (exact) mass is 320 g/mol. The van der Waals surface area contributed by atoms with Crippen LogP contribution in [0.15, 0.2) is 12.4 Å². The molecular weight excluding hydrogens is 292 g/mol. The molecule has 1 saturated heterocycles. The number of imidazole rings is 1. The second kappa shape index (κ2) is 7.93. The minimum Gasteiger partial charge on any atom is -0.381 e. The van der Waals surface area contributed by atoms with Gasteiger partial charge in [0.05, 0.1) is 0 Å². The Morgan fingerprint density at radius 1 is 1.30 bits per heavy atom. The van der Waals surface area contributed by atoms with E-state index in [-0.39, 0.29) is 5.91 Å². The predicted octanol–water partition coefficient (Wildman–Crippen LogP) is 1.39. The maximum atomic E-state index is 12.1. The first-order valence-electron chi connectivity index (χ1n) is 8.83. The number of rotatable bonds is 7. The van der Waals surface area contributed by atoms with Crippen molar-refractivity contribution in [3.8, 4) is 0 Å². The quantitative estimate of drug-likeness (QED) is 0.796. The third-order valence-corrected chi connectivity index (χ3v) is 5.02. The number of hydrogen-bond donors (Lipinski definition) is 2. The summed E-state index contributed by atoms with van der Waals surface area (Å²) in [5.41, 5.74) is 0. The van der Waals surface area contributed by atoms with Crippen molar-refractivity contribution >= 4 is 5.91 Å². The summed E-state index contributed by atoms with van der Waals surface area (Å²) in [6.07, 6.45) is 9.63. The zero-order chi connectivity index (χ0) is 16.1. The molecule has 128 valence electrons. The summed E-state index contributed by atoms with van der Waals surface area (Å²) in [6, 6.07) is 1.30. The fraction of sp³-hybridized carbons (Fsp3) is 0.765. The van der Waals surface area contributed by atoms with E-state index in [0.717, 1.165) is 57.7 Å². The van der Waals surface area contributed by atoms with Crippen LogP contribution < -0.4 is 10.6 Å². The number of ether oxygens (including phenoxy) is 1. The van der Waals surface area contributed by atoms with Crippen LogP contribution in [0.4, 0.5) is 0 Å². The van der Waals surface area contributed by atoms with Crippen molar-refractivity contribution in [2.75, 3.05) is 13.2 Å². The van der Waals surface area contributed by atoms with Crippen LogP contribution in [-0.4, -0.2) is 46.8 Å². The Morgan fingerprint density at radius 2 is 2.09 bits per heavy atom. The first kappa shape index (κ1) is 16.5. The Balaban J connectivity index is 1.33. The van der Waals surface area contributed by atoms with E-state index >= 15 is 0 Å². The highest BCUT2D eigenvalue weighted by atomic mass is 16.5. The van der Waals surface area contributed by atoms with E-state index in [1.807, 2.05) is 13.1 Å². The summed E-state index contributed by atoms with van der Waals surface area (Å²) in [5, 5.41) is 6.88. The van der Waals surface area contributed by atoms with Gasteiger partial charge in [0.25, 0.3) is 0 Å². The summed E-state index contributed by atoms with van der Waals surface area (Å²) >= 11 is 0. The highest BCUT2D eigenvalue weighted by Gasteiger charge is 2.33. The third kappa shape index (κ3) is 4.54. The van der Waals surface area contributed by atoms with Crippen LogP contribution in [0.3, 0.4) is 0 Å². The van der Waals surface area contributed by atoms with E-state index in [2.05, 4.69) is 20.2 Å². The molecule has 0 unspecified atom stereocenters. The third-order valence-electron chi connectivity index (χ3n) is 5.02. The van der Waals surface area contributed by atoms with Crippen LogP contribution in [0, 0.1) is 6.92 Å². The Bertz CT molecular complexity index is 510. The second-order valence-electron chi connectivity index (χ2n) is 6.68. The van der Waals surface area contributed by atoms with E-state index in [0.29, 0.717) is 24.5 Å². The summed E-state index contributed by atoms with van der Waals surface area (Å²) in [5.74, 6) is 1.18. The van der Waals surface area contributed by atoms with E-state index in [1.54, 1.807) is 6.20 Å². The van der Waals surface area contributed by atoms with Gasteiger partial charge in [0, 0.05) is 56.7 Å². The van der Waals surface area contributed by atoms with Gasteiger partial charge in [-0.15, -0.1) is 0 Å². The standard InChI is InChI=1S/C17H28N4O2/c1-13-18-8-10-21(13)9-2-3-17(22)20-16-5-4-15(16)19-14-6-11-23-12-7-14/h8,10,14-16,19H,2-7,9,11-12H2,1H3,(H,20,22)/t15-,16+/m0/s1. The molecule has 23 heavy (non-hydrogen) atoms. The van der Waals surface area contributed by atoms with Gasteiger partial charge in [-0.2, -0.15) is 0 Å². The lowest BCUT2D eigenvalue weighted by atomic mass is 9.85. The molecule has 1 amide bonds. The van der Waals surface area contributed by atoms with Crippen molar-refractivity contribution in [1.29, 1.82) is 0 Å². The number of carbonyl (C=O) groups excluding carboxylic acids is 1. The zero-order valence-electron chi connectivity index (χ0n) is 14.0. The van der Waals surface area contributed by atoms with Crippen LogP contribution in [0.5, 0.6) is 0 Å². The average Bonchev–Trinajstić information content (AvgIpc) is 2.96. The fourth-order valence-corrected chi connectivity index (χ4v) is 3.37. The number of hydrogen-bond acceptors (Lipinski definition) is 4. The van der Waals surface area contributed by atoms with Crippen LogP contribution in [-0.2, 0) is 16.1 Å². The smallest absolute Gasteiger partial charge is 0.220 e. The Labute approximate surface area is 138 Å². The molecule has 1 aromatic rings. The van der Waals surface area contributed by atoms with Gasteiger partial charge in [0.2, 0.25) is 5.91 Å². The van der Waals surface area contributed by atoms with Crippen LogP contribution in [0.25, 0.3) is 0 Å². The van der Waals surface area contributed by atoms with Crippen molar-refractivity contribution in [3.63, 3.8) is 0 Å². The van der Waals surface area contributed by atoms with Crippen LogP contribution in [0.2, 0.25) is 0 Å². The Kier molecular flexibility index (Phi) is 5.67.